The minimum atomic E-state index is -0.0915. The number of rotatable bonds is 3. The maximum atomic E-state index is 8.88. The number of aliphatic hydroxyl groups is 1. The van der Waals surface area contributed by atoms with Crippen molar-refractivity contribution in [2.75, 3.05) is 39.3 Å². The molecule has 0 saturated carbocycles. The highest BCUT2D eigenvalue weighted by Crippen LogP contribution is 2.15. The lowest BCUT2D eigenvalue weighted by Gasteiger charge is -2.42. The van der Waals surface area contributed by atoms with Gasteiger partial charge in [0.25, 0.3) is 0 Å². The van der Waals surface area contributed by atoms with Crippen LogP contribution in [0.4, 0.5) is 0 Å². The van der Waals surface area contributed by atoms with Gasteiger partial charge in [-0.25, -0.2) is 0 Å². The topological polar surface area (TPSA) is 52.7 Å². The zero-order chi connectivity index (χ0) is 11.5. The lowest BCUT2D eigenvalue weighted by atomic mass is 10.0. The molecule has 0 aromatic rings. The molecule has 1 fully saturated rings. The third-order valence-corrected chi connectivity index (χ3v) is 3.05. The van der Waals surface area contributed by atoms with Gasteiger partial charge in [0.1, 0.15) is 0 Å². The molecule has 0 aromatic heterocycles. The molecule has 90 valence electrons. The molecule has 4 nitrogen and oxygen atoms in total. The number of piperazine rings is 1. The summed E-state index contributed by atoms with van der Waals surface area (Å²) in [5.41, 5.74) is 5.99. The predicted molar refractivity (Wildman–Crippen MR) is 62.8 cm³/mol. The van der Waals surface area contributed by atoms with E-state index in [2.05, 4.69) is 30.6 Å². The van der Waals surface area contributed by atoms with Crippen molar-refractivity contribution in [3.63, 3.8) is 0 Å². The number of nitrogens with two attached hydrogens (primary N) is 1. The summed E-state index contributed by atoms with van der Waals surface area (Å²) in [6.45, 7) is 12.0. The van der Waals surface area contributed by atoms with Crippen molar-refractivity contribution in [3.8, 4) is 0 Å². The molecular weight excluding hydrogens is 190 g/mol. The van der Waals surface area contributed by atoms with E-state index >= 15 is 0 Å². The molecule has 1 rings (SSSR count). The first-order chi connectivity index (χ1) is 6.93. The van der Waals surface area contributed by atoms with Crippen LogP contribution in [-0.4, -0.2) is 65.8 Å². The molecule has 0 bridgehead atoms. The summed E-state index contributed by atoms with van der Waals surface area (Å²) in [7, 11) is 0. The average molecular weight is 215 g/mol. The SMILES string of the molecule is CC(C)(C)N1CCN(C[C@@H](N)CO)CC1. The van der Waals surface area contributed by atoms with Crippen LogP contribution in [-0.2, 0) is 0 Å². The third kappa shape index (κ3) is 4.07. The molecule has 0 radical (unpaired) electrons. The van der Waals surface area contributed by atoms with E-state index in [1.165, 1.54) is 0 Å². The van der Waals surface area contributed by atoms with Crippen molar-refractivity contribution in [3.05, 3.63) is 0 Å². The fourth-order valence-electron chi connectivity index (χ4n) is 1.99. The van der Waals surface area contributed by atoms with E-state index in [9.17, 15) is 0 Å². The summed E-state index contributed by atoms with van der Waals surface area (Å²) < 4.78 is 0. The first kappa shape index (κ1) is 12.9. The number of hydrogen-bond acceptors (Lipinski definition) is 4. The number of hydrogen-bond donors (Lipinski definition) is 2. The van der Waals surface area contributed by atoms with Crippen molar-refractivity contribution in [2.45, 2.75) is 32.4 Å². The van der Waals surface area contributed by atoms with Crippen molar-refractivity contribution in [2.24, 2.45) is 5.73 Å². The van der Waals surface area contributed by atoms with Crippen LogP contribution in [0.3, 0.4) is 0 Å². The molecule has 1 saturated heterocycles. The summed E-state index contributed by atoms with van der Waals surface area (Å²) >= 11 is 0. The summed E-state index contributed by atoms with van der Waals surface area (Å²) in [4.78, 5) is 4.83. The fourth-order valence-corrected chi connectivity index (χ4v) is 1.99. The highest BCUT2D eigenvalue weighted by molar-refractivity contribution is 4.82. The smallest absolute Gasteiger partial charge is 0.0595 e. The molecule has 0 spiro atoms. The Morgan fingerprint density at radius 3 is 2.13 bits per heavy atom. The van der Waals surface area contributed by atoms with Gasteiger partial charge in [0.2, 0.25) is 0 Å². The van der Waals surface area contributed by atoms with Crippen LogP contribution in [0.15, 0.2) is 0 Å². The molecule has 0 aliphatic carbocycles. The summed E-state index contributed by atoms with van der Waals surface area (Å²) in [5.74, 6) is 0. The minimum Gasteiger partial charge on any atom is -0.395 e. The number of nitrogens with zero attached hydrogens (tertiary/aromatic N) is 2. The standard InChI is InChI=1S/C11H25N3O/c1-11(2,3)14-6-4-13(5-7-14)8-10(12)9-15/h10,15H,4-9,12H2,1-3H3/t10-/m1/s1. The Balaban J connectivity index is 2.30. The molecule has 0 aromatic carbocycles. The second-order valence-electron chi connectivity index (χ2n) is 5.40. The first-order valence-electron chi connectivity index (χ1n) is 5.77. The van der Waals surface area contributed by atoms with E-state index in [1.807, 2.05) is 0 Å². The molecule has 3 N–H and O–H groups in total. The van der Waals surface area contributed by atoms with Gasteiger partial charge in [-0.05, 0) is 20.8 Å². The van der Waals surface area contributed by atoms with Crippen LogP contribution in [0.5, 0.6) is 0 Å². The molecule has 0 amide bonds. The van der Waals surface area contributed by atoms with Crippen molar-refractivity contribution >= 4 is 0 Å². The fraction of sp³-hybridized carbons (Fsp3) is 1.00. The highest BCUT2D eigenvalue weighted by atomic mass is 16.3. The molecule has 1 aliphatic heterocycles. The highest BCUT2D eigenvalue weighted by Gasteiger charge is 2.25. The Morgan fingerprint density at radius 2 is 1.73 bits per heavy atom. The Morgan fingerprint density at radius 1 is 1.20 bits per heavy atom. The quantitative estimate of drug-likeness (QED) is 0.680. The maximum absolute atomic E-state index is 8.88. The van der Waals surface area contributed by atoms with Gasteiger partial charge in [-0.1, -0.05) is 0 Å². The van der Waals surface area contributed by atoms with Crippen LogP contribution in [0, 0.1) is 0 Å². The molecular formula is C11H25N3O. The normalized spacial score (nSPS) is 23.0. The lowest BCUT2D eigenvalue weighted by Crippen LogP contribution is -2.55. The second-order valence-corrected chi connectivity index (χ2v) is 5.40. The molecule has 1 atom stereocenters. The van der Waals surface area contributed by atoms with Gasteiger partial charge in [-0.15, -0.1) is 0 Å². The summed E-state index contributed by atoms with van der Waals surface area (Å²) in [6, 6.07) is -0.0915. The molecule has 1 aliphatic rings. The Kier molecular flexibility index (Phi) is 4.52. The van der Waals surface area contributed by atoms with E-state index in [0.29, 0.717) is 0 Å². The zero-order valence-electron chi connectivity index (χ0n) is 10.2. The van der Waals surface area contributed by atoms with Gasteiger partial charge in [0, 0.05) is 44.3 Å². The monoisotopic (exact) mass is 215 g/mol. The first-order valence-corrected chi connectivity index (χ1v) is 5.77. The largest absolute Gasteiger partial charge is 0.395 e. The Hall–Kier alpha value is -0.160. The molecule has 15 heavy (non-hydrogen) atoms. The average Bonchev–Trinajstić information content (AvgIpc) is 2.17. The minimum absolute atomic E-state index is 0.0828. The van der Waals surface area contributed by atoms with Gasteiger partial charge in [0.05, 0.1) is 6.61 Å². The summed E-state index contributed by atoms with van der Waals surface area (Å²) in [5, 5.41) is 8.88. The second kappa shape index (κ2) is 5.25. The van der Waals surface area contributed by atoms with Crippen LogP contribution >= 0.6 is 0 Å². The Labute approximate surface area is 93.0 Å². The number of aliphatic hydroxyl groups excluding tert-OH is 1. The third-order valence-electron chi connectivity index (χ3n) is 3.05. The zero-order valence-corrected chi connectivity index (χ0v) is 10.2. The molecule has 0 unspecified atom stereocenters. The van der Waals surface area contributed by atoms with E-state index in [0.717, 1.165) is 32.7 Å². The van der Waals surface area contributed by atoms with Crippen LogP contribution in [0.1, 0.15) is 20.8 Å². The summed E-state index contributed by atoms with van der Waals surface area (Å²) in [6.07, 6.45) is 0. The van der Waals surface area contributed by atoms with Crippen LogP contribution < -0.4 is 5.73 Å². The van der Waals surface area contributed by atoms with Gasteiger partial charge in [-0.3, -0.25) is 9.80 Å². The lowest BCUT2D eigenvalue weighted by molar-refractivity contribution is 0.0566. The van der Waals surface area contributed by atoms with E-state index in [4.69, 9.17) is 10.8 Å². The van der Waals surface area contributed by atoms with Gasteiger partial charge >= 0.3 is 0 Å². The van der Waals surface area contributed by atoms with Crippen molar-refractivity contribution < 1.29 is 5.11 Å². The Bertz CT molecular complexity index is 183. The van der Waals surface area contributed by atoms with Crippen LogP contribution in [0.25, 0.3) is 0 Å². The van der Waals surface area contributed by atoms with E-state index in [-0.39, 0.29) is 18.2 Å². The molecule has 1 heterocycles. The van der Waals surface area contributed by atoms with Gasteiger partial charge in [0.15, 0.2) is 0 Å². The maximum Gasteiger partial charge on any atom is 0.0595 e. The van der Waals surface area contributed by atoms with E-state index < -0.39 is 0 Å². The van der Waals surface area contributed by atoms with Gasteiger partial charge < -0.3 is 10.8 Å². The van der Waals surface area contributed by atoms with Crippen molar-refractivity contribution in [1.82, 2.24) is 9.80 Å². The molecule has 4 heteroatoms. The van der Waals surface area contributed by atoms with Crippen molar-refractivity contribution in [1.29, 1.82) is 0 Å². The van der Waals surface area contributed by atoms with Crippen LogP contribution in [0.2, 0.25) is 0 Å². The van der Waals surface area contributed by atoms with Gasteiger partial charge in [-0.2, -0.15) is 0 Å². The predicted octanol–water partition coefficient (Wildman–Crippen LogP) is -0.278. The van der Waals surface area contributed by atoms with E-state index in [1.54, 1.807) is 0 Å².